The molecule has 16 heavy (non-hydrogen) atoms. The van der Waals surface area contributed by atoms with Gasteiger partial charge in [0, 0.05) is 10.6 Å². The van der Waals surface area contributed by atoms with Crippen LogP contribution in [0.15, 0.2) is 23.1 Å². The van der Waals surface area contributed by atoms with E-state index in [2.05, 4.69) is 4.74 Å². The second-order valence-electron chi connectivity index (χ2n) is 3.17. The van der Waals surface area contributed by atoms with Crippen LogP contribution in [0.25, 0.3) is 0 Å². The van der Waals surface area contributed by atoms with Crippen molar-refractivity contribution in [3.8, 4) is 0 Å². The van der Waals surface area contributed by atoms with Gasteiger partial charge in [0.1, 0.15) is 0 Å². The summed E-state index contributed by atoms with van der Waals surface area (Å²) in [5, 5.41) is 0. The van der Waals surface area contributed by atoms with Gasteiger partial charge in [0.2, 0.25) is 5.50 Å². The van der Waals surface area contributed by atoms with Gasteiger partial charge in [0.05, 0.1) is 6.61 Å². The first-order chi connectivity index (χ1) is 7.56. The fourth-order valence-corrected chi connectivity index (χ4v) is 1.96. The predicted octanol–water partition coefficient (Wildman–Crippen LogP) is 2.53. The molecule has 5 heteroatoms. The molecule has 2 N–H and O–H groups in total. The molecule has 0 radical (unpaired) electrons. The molecule has 0 saturated heterocycles. The van der Waals surface area contributed by atoms with Crippen LogP contribution in [0, 0.1) is 6.92 Å². The number of halogens is 1. The summed E-state index contributed by atoms with van der Waals surface area (Å²) in [4.78, 5) is 11.6. The number of hydrogen-bond donors (Lipinski definition) is 1. The highest BCUT2D eigenvalue weighted by molar-refractivity contribution is 8.00. The summed E-state index contributed by atoms with van der Waals surface area (Å²) in [6, 6.07) is 5.28. The lowest BCUT2D eigenvalue weighted by Gasteiger charge is -2.10. The van der Waals surface area contributed by atoms with E-state index in [1.54, 1.807) is 19.1 Å². The molecular formula is C11H14FNO2S. The summed E-state index contributed by atoms with van der Waals surface area (Å²) in [6.45, 7) is 3.64. The lowest BCUT2D eigenvalue weighted by Crippen LogP contribution is -2.15. The highest BCUT2D eigenvalue weighted by Crippen LogP contribution is 2.31. The van der Waals surface area contributed by atoms with Gasteiger partial charge in [-0.1, -0.05) is 23.9 Å². The number of ether oxygens (including phenoxy) is 1. The predicted molar refractivity (Wildman–Crippen MR) is 63.0 cm³/mol. The van der Waals surface area contributed by atoms with Gasteiger partial charge in [-0.25, -0.2) is 9.18 Å². The summed E-state index contributed by atoms with van der Waals surface area (Å²) < 4.78 is 18.0. The number of rotatable bonds is 4. The molecule has 1 aromatic carbocycles. The summed E-state index contributed by atoms with van der Waals surface area (Å²) >= 11 is 0.766. The van der Waals surface area contributed by atoms with E-state index < -0.39 is 11.5 Å². The molecule has 88 valence electrons. The second-order valence-corrected chi connectivity index (χ2v) is 4.26. The Labute approximate surface area is 98.2 Å². The van der Waals surface area contributed by atoms with Gasteiger partial charge in [-0.3, -0.25) is 0 Å². The molecule has 0 heterocycles. The molecule has 1 aromatic rings. The van der Waals surface area contributed by atoms with Crippen molar-refractivity contribution >= 4 is 23.4 Å². The highest BCUT2D eigenvalue weighted by atomic mass is 32.2. The summed E-state index contributed by atoms with van der Waals surface area (Å²) in [5.41, 5.74) is 5.39. The van der Waals surface area contributed by atoms with Crippen LogP contribution in [-0.2, 0) is 9.53 Å². The number of anilines is 1. The maximum atomic E-state index is 13.4. The zero-order chi connectivity index (χ0) is 12.1. The van der Waals surface area contributed by atoms with Crippen molar-refractivity contribution in [2.24, 2.45) is 0 Å². The zero-order valence-electron chi connectivity index (χ0n) is 9.20. The minimum Gasteiger partial charge on any atom is -0.463 e. The monoisotopic (exact) mass is 243 g/mol. The van der Waals surface area contributed by atoms with Crippen molar-refractivity contribution in [2.45, 2.75) is 24.2 Å². The average molecular weight is 243 g/mol. The van der Waals surface area contributed by atoms with E-state index in [1.165, 1.54) is 0 Å². The summed E-state index contributed by atoms with van der Waals surface area (Å²) in [5.74, 6) is -0.867. The quantitative estimate of drug-likeness (QED) is 0.501. The van der Waals surface area contributed by atoms with Crippen molar-refractivity contribution in [3.05, 3.63) is 23.8 Å². The minimum atomic E-state index is -1.73. The zero-order valence-corrected chi connectivity index (χ0v) is 10.0. The number of esters is 1. The molecule has 0 aliphatic rings. The van der Waals surface area contributed by atoms with Gasteiger partial charge in [0.25, 0.3) is 0 Å². The number of carbonyl (C=O) groups excluding carboxylic acids is 1. The van der Waals surface area contributed by atoms with Crippen LogP contribution in [0.4, 0.5) is 10.1 Å². The molecule has 0 aromatic heterocycles. The van der Waals surface area contributed by atoms with E-state index in [0.29, 0.717) is 10.6 Å². The SMILES string of the molecule is CCOC(=O)C(F)Sc1cccc(C)c1N. The van der Waals surface area contributed by atoms with Gasteiger partial charge >= 0.3 is 5.97 Å². The third-order valence-corrected chi connectivity index (χ3v) is 3.00. The van der Waals surface area contributed by atoms with E-state index in [0.717, 1.165) is 17.3 Å². The molecular weight excluding hydrogens is 229 g/mol. The smallest absolute Gasteiger partial charge is 0.351 e. The average Bonchev–Trinajstić information content (AvgIpc) is 2.25. The van der Waals surface area contributed by atoms with Crippen LogP contribution >= 0.6 is 11.8 Å². The van der Waals surface area contributed by atoms with Crippen molar-refractivity contribution in [2.75, 3.05) is 12.3 Å². The Hall–Kier alpha value is -1.23. The van der Waals surface area contributed by atoms with Crippen LogP contribution < -0.4 is 5.73 Å². The molecule has 1 atom stereocenters. The Morgan fingerprint density at radius 2 is 2.31 bits per heavy atom. The van der Waals surface area contributed by atoms with Gasteiger partial charge in [-0.05, 0) is 25.5 Å². The largest absolute Gasteiger partial charge is 0.463 e. The molecule has 1 rings (SSSR count). The number of nitrogen functional groups attached to an aromatic ring is 1. The standard InChI is InChI=1S/C11H14FNO2S/c1-3-15-11(14)10(12)16-8-6-4-5-7(2)9(8)13/h4-6,10H,3,13H2,1-2H3. The van der Waals surface area contributed by atoms with Crippen molar-refractivity contribution < 1.29 is 13.9 Å². The summed E-state index contributed by atoms with van der Waals surface area (Å²) in [6.07, 6.45) is 0. The van der Waals surface area contributed by atoms with Gasteiger partial charge < -0.3 is 10.5 Å². The van der Waals surface area contributed by atoms with Crippen molar-refractivity contribution in [1.29, 1.82) is 0 Å². The van der Waals surface area contributed by atoms with Crippen LogP contribution in [0.5, 0.6) is 0 Å². The molecule has 0 amide bonds. The fourth-order valence-electron chi connectivity index (χ4n) is 1.12. The molecule has 3 nitrogen and oxygen atoms in total. The van der Waals surface area contributed by atoms with E-state index in [4.69, 9.17) is 5.73 Å². The third-order valence-electron chi connectivity index (χ3n) is 1.99. The lowest BCUT2D eigenvalue weighted by molar-refractivity contribution is -0.145. The molecule has 0 aliphatic heterocycles. The van der Waals surface area contributed by atoms with Crippen LogP contribution in [0.1, 0.15) is 12.5 Å². The third kappa shape index (κ3) is 3.13. The van der Waals surface area contributed by atoms with Crippen LogP contribution in [-0.4, -0.2) is 18.1 Å². The topological polar surface area (TPSA) is 52.3 Å². The van der Waals surface area contributed by atoms with Crippen LogP contribution in [0.2, 0.25) is 0 Å². The number of para-hydroxylation sites is 1. The number of alkyl halides is 1. The van der Waals surface area contributed by atoms with E-state index in [-0.39, 0.29) is 6.61 Å². The Balaban J connectivity index is 2.73. The first kappa shape index (κ1) is 12.8. The normalized spacial score (nSPS) is 12.2. The second kappa shape index (κ2) is 5.75. The molecule has 0 bridgehead atoms. The first-order valence-corrected chi connectivity index (χ1v) is 5.76. The number of benzene rings is 1. The van der Waals surface area contributed by atoms with Gasteiger partial charge in [-0.2, -0.15) is 0 Å². The highest BCUT2D eigenvalue weighted by Gasteiger charge is 2.21. The molecule has 1 unspecified atom stereocenters. The van der Waals surface area contributed by atoms with Crippen molar-refractivity contribution in [1.82, 2.24) is 0 Å². The van der Waals surface area contributed by atoms with E-state index in [1.807, 2.05) is 13.0 Å². The Kier molecular flexibility index (Phi) is 4.61. The Bertz CT molecular complexity index is 384. The number of carbonyl (C=O) groups is 1. The lowest BCUT2D eigenvalue weighted by atomic mass is 10.2. The maximum Gasteiger partial charge on any atom is 0.351 e. The van der Waals surface area contributed by atoms with E-state index >= 15 is 0 Å². The Morgan fingerprint density at radius 1 is 1.62 bits per heavy atom. The number of nitrogens with two attached hydrogens (primary N) is 1. The maximum absolute atomic E-state index is 13.4. The van der Waals surface area contributed by atoms with Crippen LogP contribution in [0.3, 0.4) is 0 Å². The van der Waals surface area contributed by atoms with Crippen molar-refractivity contribution in [3.63, 3.8) is 0 Å². The fraction of sp³-hybridized carbons (Fsp3) is 0.364. The first-order valence-electron chi connectivity index (χ1n) is 4.88. The number of thioether (sulfide) groups is 1. The number of hydrogen-bond acceptors (Lipinski definition) is 4. The molecule has 0 fully saturated rings. The summed E-state index contributed by atoms with van der Waals surface area (Å²) in [7, 11) is 0. The minimum absolute atomic E-state index is 0.170. The number of aryl methyl sites for hydroxylation is 1. The van der Waals surface area contributed by atoms with E-state index in [9.17, 15) is 9.18 Å². The van der Waals surface area contributed by atoms with Gasteiger partial charge in [-0.15, -0.1) is 0 Å². The molecule has 0 aliphatic carbocycles. The molecule has 0 spiro atoms. The van der Waals surface area contributed by atoms with Gasteiger partial charge in [0.15, 0.2) is 0 Å². The molecule has 0 saturated carbocycles. The Morgan fingerprint density at radius 3 is 2.94 bits per heavy atom.